The van der Waals surface area contributed by atoms with E-state index in [9.17, 15) is 4.21 Å². The highest BCUT2D eigenvalue weighted by Gasteiger charge is 2.11. The molecule has 0 aromatic heterocycles. The minimum Gasteiger partial charge on any atom is -0.254 e. The summed E-state index contributed by atoms with van der Waals surface area (Å²) in [5, 5.41) is 3.78. The molecule has 0 fully saturated rings. The molecule has 0 radical (unpaired) electrons. The lowest BCUT2D eigenvalue weighted by Gasteiger charge is -2.08. The van der Waals surface area contributed by atoms with Gasteiger partial charge in [0.05, 0.1) is 15.4 Å². The summed E-state index contributed by atoms with van der Waals surface area (Å²) in [6.45, 7) is 5.95. The van der Waals surface area contributed by atoms with E-state index >= 15 is 0 Å². The van der Waals surface area contributed by atoms with Gasteiger partial charge in [-0.3, -0.25) is 4.21 Å². The van der Waals surface area contributed by atoms with Crippen LogP contribution in [0.4, 0.5) is 0 Å². The van der Waals surface area contributed by atoms with Crippen molar-refractivity contribution in [3.8, 4) is 0 Å². The Kier molecular flexibility index (Phi) is 9.13. The first kappa shape index (κ1) is 13.3. The third-order valence-electron chi connectivity index (χ3n) is 1.22. The minimum atomic E-state index is -0.834. The molecule has 1 nitrogen and oxygen atoms in total. The van der Waals surface area contributed by atoms with E-state index in [0.29, 0.717) is 0 Å². The van der Waals surface area contributed by atoms with Crippen molar-refractivity contribution >= 4 is 32.4 Å². The molecule has 76 valence electrons. The monoisotopic (exact) mass is 236 g/mol. The molecule has 4 heteroatoms. The molecule has 0 aromatic carbocycles. The summed E-state index contributed by atoms with van der Waals surface area (Å²) in [6, 6.07) is 0. The summed E-state index contributed by atoms with van der Waals surface area (Å²) in [5.41, 5.74) is 0. The second kappa shape index (κ2) is 8.91. The maximum atomic E-state index is 11.5. The Morgan fingerprint density at radius 2 is 2.08 bits per heavy atom. The van der Waals surface area contributed by atoms with Crippen molar-refractivity contribution in [2.24, 2.45) is 0 Å². The third kappa shape index (κ3) is 6.41. The van der Waals surface area contributed by atoms with E-state index in [1.165, 1.54) is 0 Å². The van der Waals surface area contributed by atoms with E-state index in [0.717, 1.165) is 6.42 Å². The summed E-state index contributed by atoms with van der Waals surface area (Å²) >= 11 is 0. The molecule has 0 saturated carbocycles. The maximum absolute atomic E-state index is 11.5. The molecule has 0 heterocycles. The highest BCUT2D eigenvalue weighted by Crippen LogP contribution is 2.31. The first-order valence-corrected chi connectivity index (χ1v) is 7.77. The van der Waals surface area contributed by atoms with Gasteiger partial charge < -0.3 is 0 Å². The molecule has 2 atom stereocenters. The zero-order chi connectivity index (χ0) is 10.1. The Morgan fingerprint density at radius 1 is 1.38 bits per heavy atom. The zero-order valence-corrected chi connectivity index (χ0v) is 10.7. The molecule has 0 aliphatic carbocycles. The lowest BCUT2D eigenvalue weighted by Crippen LogP contribution is -2.04. The highest BCUT2D eigenvalue weighted by atomic mass is 33.1. The van der Waals surface area contributed by atoms with Crippen molar-refractivity contribution in [1.29, 1.82) is 0 Å². The van der Waals surface area contributed by atoms with Crippen molar-refractivity contribution in [3.63, 3.8) is 0 Å². The lowest BCUT2D eigenvalue weighted by molar-refractivity contribution is 0.685. The molecule has 0 aromatic rings. The summed E-state index contributed by atoms with van der Waals surface area (Å²) < 4.78 is 11.7. The van der Waals surface area contributed by atoms with E-state index in [4.69, 9.17) is 0 Å². The second-order valence-corrected chi connectivity index (χ2v) is 6.48. The van der Waals surface area contributed by atoms with Gasteiger partial charge in [0.1, 0.15) is 0 Å². The Labute approximate surface area is 91.3 Å². The summed E-state index contributed by atoms with van der Waals surface area (Å²) in [7, 11) is 2.49. The zero-order valence-electron chi connectivity index (χ0n) is 8.23. The molecule has 0 saturated heterocycles. The molecule has 0 N–H and O–H groups in total. The number of allylic oxidation sites excluding steroid dienone is 2. The van der Waals surface area contributed by atoms with Gasteiger partial charge in [0.15, 0.2) is 0 Å². The van der Waals surface area contributed by atoms with Crippen LogP contribution in [0, 0.1) is 0 Å². The SMILES string of the molecule is C/C=C\SS[C@@H](CC)[S@](=O)/C=C/C. The molecule has 0 amide bonds. The van der Waals surface area contributed by atoms with E-state index < -0.39 is 10.8 Å². The van der Waals surface area contributed by atoms with Crippen LogP contribution in [0.3, 0.4) is 0 Å². The van der Waals surface area contributed by atoms with Crippen molar-refractivity contribution in [3.05, 3.63) is 23.0 Å². The molecule has 0 unspecified atom stereocenters. The van der Waals surface area contributed by atoms with Gasteiger partial charge in [0.2, 0.25) is 0 Å². The van der Waals surface area contributed by atoms with Gasteiger partial charge >= 0.3 is 0 Å². The van der Waals surface area contributed by atoms with Crippen LogP contribution in [-0.2, 0) is 10.8 Å². The van der Waals surface area contributed by atoms with Crippen LogP contribution in [0.15, 0.2) is 23.0 Å². The first-order valence-electron chi connectivity index (χ1n) is 4.21. The molecular weight excluding hydrogens is 220 g/mol. The van der Waals surface area contributed by atoms with Crippen LogP contribution in [0.25, 0.3) is 0 Å². The van der Waals surface area contributed by atoms with Crippen molar-refractivity contribution in [2.45, 2.75) is 31.8 Å². The molecule has 0 bridgehead atoms. The van der Waals surface area contributed by atoms with Gasteiger partial charge in [0, 0.05) is 0 Å². The number of hydrogen-bond acceptors (Lipinski definition) is 3. The van der Waals surface area contributed by atoms with Gasteiger partial charge in [-0.25, -0.2) is 0 Å². The minimum absolute atomic E-state index is 0.206. The molecule has 0 spiro atoms. The predicted octanol–water partition coefficient (Wildman–Crippen LogP) is 3.92. The van der Waals surface area contributed by atoms with Crippen molar-refractivity contribution < 1.29 is 4.21 Å². The summed E-state index contributed by atoms with van der Waals surface area (Å²) in [4.78, 5) is 0. The Hall–Kier alpha value is 0.330. The highest BCUT2D eigenvalue weighted by molar-refractivity contribution is 8.79. The average molecular weight is 236 g/mol. The number of hydrogen-bond donors (Lipinski definition) is 0. The summed E-state index contributed by atoms with van der Waals surface area (Å²) in [6.07, 6.45) is 4.77. The molecule has 0 aliphatic rings. The Balaban J connectivity index is 3.94. The van der Waals surface area contributed by atoms with E-state index in [1.807, 2.05) is 31.4 Å². The maximum Gasteiger partial charge on any atom is 0.0945 e. The van der Waals surface area contributed by atoms with Gasteiger partial charge in [-0.1, -0.05) is 40.7 Å². The average Bonchev–Trinajstić information content (AvgIpc) is 2.13. The normalized spacial score (nSPS) is 16.8. The van der Waals surface area contributed by atoms with Crippen LogP contribution >= 0.6 is 21.6 Å². The smallest absolute Gasteiger partial charge is 0.0945 e. The van der Waals surface area contributed by atoms with E-state index in [-0.39, 0.29) is 4.58 Å². The molecule has 0 rings (SSSR count). The van der Waals surface area contributed by atoms with Gasteiger partial charge in [-0.15, -0.1) is 0 Å². The van der Waals surface area contributed by atoms with E-state index in [1.54, 1.807) is 27.0 Å². The second-order valence-electron chi connectivity index (χ2n) is 2.30. The Morgan fingerprint density at radius 3 is 2.54 bits per heavy atom. The quantitative estimate of drug-likeness (QED) is 0.651. The van der Waals surface area contributed by atoms with Crippen molar-refractivity contribution in [2.75, 3.05) is 0 Å². The fourth-order valence-corrected chi connectivity index (χ4v) is 4.76. The van der Waals surface area contributed by atoms with Crippen LogP contribution in [0.2, 0.25) is 0 Å². The Bertz CT molecular complexity index is 199. The van der Waals surface area contributed by atoms with Crippen LogP contribution in [0.1, 0.15) is 27.2 Å². The van der Waals surface area contributed by atoms with Crippen LogP contribution in [-0.4, -0.2) is 8.79 Å². The fourth-order valence-electron chi connectivity index (χ4n) is 0.642. The van der Waals surface area contributed by atoms with Crippen LogP contribution < -0.4 is 0 Å². The lowest BCUT2D eigenvalue weighted by atomic mass is 10.6. The van der Waals surface area contributed by atoms with E-state index in [2.05, 4.69) is 6.92 Å². The van der Waals surface area contributed by atoms with Crippen LogP contribution in [0.5, 0.6) is 0 Å². The third-order valence-corrected chi connectivity index (χ3v) is 6.24. The summed E-state index contributed by atoms with van der Waals surface area (Å²) in [5.74, 6) is 0. The number of rotatable bonds is 6. The van der Waals surface area contributed by atoms with Gasteiger partial charge in [-0.05, 0) is 31.1 Å². The standard InChI is InChI=1S/C9H16OS3/c1-4-7-11-12-9(6-3)13(10)8-5-2/h4-5,7-9H,6H2,1-3H3/b7-4-,8-5+/t9-,13-/m1/s1. The predicted molar refractivity (Wildman–Crippen MR) is 67.0 cm³/mol. The molecule has 13 heavy (non-hydrogen) atoms. The van der Waals surface area contributed by atoms with Gasteiger partial charge in [0.25, 0.3) is 0 Å². The van der Waals surface area contributed by atoms with Gasteiger partial charge in [-0.2, -0.15) is 0 Å². The molecular formula is C9H16OS3. The topological polar surface area (TPSA) is 17.1 Å². The molecule has 0 aliphatic heterocycles. The first-order chi connectivity index (χ1) is 6.26. The largest absolute Gasteiger partial charge is 0.254 e. The fraction of sp³-hybridized carbons (Fsp3) is 0.556. The van der Waals surface area contributed by atoms with Crippen molar-refractivity contribution in [1.82, 2.24) is 0 Å².